The normalized spacial score (nSPS) is 16.0. The number of rotatable bonds is 8. The molecule has 3 amide bonds. The van der Waals surface area contributed by atoms with Crippen LogP contribution < -0.4 is 4.90 Å². The number of aryl methyl sites for hydroxylation is 1. The molecule has 3 rings (SSSR count). The van der Waals surface area contributed by atoms with Crippen LogP contribution in [0.3, 0.4) is 0 Å². The van der Waals surface area contributed by atoms with Crippen molar-refractivity contribution >= 4 is 29.1 Å². The minimum atomic E-state index is -1.11. The first kappa shape index (κ1) is 23.0. The summed E-state index contributed by atoms with van der Waals surface area (Å²) in [6.45, 7) is 1.73. The maximum Gasteiger partial charge on any atom is 0.270 e. The highest BCUT2D eigenvalue weighted by Crippen LogP contribution is 2.28. The summed E-state index contributed by atoms with van der Waals surface area (Å²) in [6, 6.07) is 11.0. The van der Waals surface area contributed by atoms with Gasteiger partial charge in [-0.15, -0.1) is 0 Å². The molecule has 1 aliphatic rings. The van der Waals surface area contributed by atoms with Crippen molar-refractivity contribution in [2.24, 2.45) is 0 Å². The van der Waals surface area contributed by atoms with Crippen molar-refractivity contribution < 1.29 is 28.8 Å². The fourth-order valence-corrected chi connectivity index (χ4v) is 3.50. The Morgan fingerprint density at radius 3 is 2.44 bits per heavy atom. The molecule has 32 heavy (non-hydrogen) atoms. The summed E-state index contributed by atoms with van der Waals surface area (Å²) >= 11 is 0. The molecule has 1 saturated heterocycles. The van der Waals surface area contributed by atoms with Gasteiger partial charge in [-0.25, -0.2) is 4.90 Å². The molecule has 0 spiro atoms. The molecule has 168 valence electrons. The van der Waals surface area contributed by atoms with Gasteiger partial charge in [0.25, 0.3) is 17.5 Å². The van der Waals surface area contributed by atoms with Crippen LogP contribution in [0.25, 0.3) is 0 Å². The number of hydrogen-bond donors (Lipinski definition) is 0. The predicted octanol–water partition coefficient (Wildman–Crippen LogP) is 2.30. The van der Waals surface area contributed by atoms with Crippen LogP contribution in [-0.2, 0) is 19.1 Å². The number of nitro benzene ring substituents is 1. The van der Waals surface area contributed by atoms with Crippen molar-refractivity contribution in [1.82, 2.24) is 4.90 Å². The topological polar surface area (TPSA) is 119 Å². The first-order chi connectivity index (χ1) is 15.3. The fourth-order valence-electron chi connectivity index (χ4n) is 3.50. The van der Waals surface area contributed by atoms with E-state index >= 15 is 0 Å². The Hall–Kier alpha value is -3.63. The number of carbonyl (C=O) groups is 3. The number of anilines is 1. The standard InChI is InChI=1S/C22H23N3O7/c1-14-7-9-16(10-8-14)24-19(26)12-18(22(24)28)23(13-20(31-2)32-3)21(27)15-5-4-6-17(11-15)25(29)30/h4-11,18,20H,12-13H2,1-3H3. The maximum atomic E-state index is 13.3. The molecule has 1 aliphatic heterocycles. The van der Waals surface area contributed by atoms with Crippen LogP contribution in [0, 0.1) is 17.0 Å². The van der Waals surface area contributed by atoms with E-state index in [1.807, 2.05) is 6.92 Å². The summed E-state index contributed by atoms with van der Waals surface area (Å²) < 4.78 is 10.4. The lowest BCUT2D eigenvalue weighted by atomic mass is 10.1. The molecule has 0 radical (unpaired) electrons. The Morgan fingerprint density at radius 1 is 1.19 bits per heavy atom. The van der Waals surface area contributed by atoms with Crippen molar-refractivity contribution in [3.63, 3.8) is 0 Å². The van der Waals surface area contributed by atoms with Crippen molar-refractivity contribution in [3.05, 3.63) is 69.8 Å². The molecule has 2 aromatic rings. The third-order valence-corrected chi connectivity index (χ3v) is 5.23. The van der Waals surface area contributed by atoms with Crippen molar-refractivity contribution in [1.29, 1.82) is 0 Å². The minimum absolute atomic E-state index is 0.0131. The van der Waals surface area contributed by atoms with E-state index in [-0.39, 0.29) is 24.2 Å². The molecule has 1 unspecified atom stereocenters. The Labute approximate surface area is 184 Å². The van der Waals surface area contributed by atoms with Gasteiger partial charge >= 0.3 is 0 Å². The molecule has 0 N–H and O–H groups in total. The van der Waals surface area contributed by atoms with Crippen molar-refractivity contribution in [2.45, 2.75) is 25.7 Å². The number of ether oxygens (including phenoxy) is 2. The molecular formula is C22H23N3O7. The summed E-state index contributed by atoms with van der Waals surface area (Å²) in [6.07, 6.45) is -1.10. The van der Waals surface area contributed by atoms with Crippen LogP contribution in [0.5, 0.6) is 0 Å². The van der Waals surface area contributed by atoms with E-state index in [4.69, 9.17) is 9.47 Å². The smallest absolute Gasteiger partial charge is 0.270 e. The molecule has 0 aromatic heterocycles. The number of hydrogen-bond acceptors (Lipinski definition) is 7. The van der Waals surface area contributed by atoms with Crippen LogP contribution in [0.15, 0.2) is 48.5 Å². The van der Waals surface area contributed by atoms with Gasteiger partial charge in [-0.2, -0.15) is 0 Å². The summed E-state index contributed by atoms with van der Waals surface area (Å²) in [4.78, 5) is 52.0. The zero-order valence-corrected chi connectivity index (χ0v) is 17.9. The SMILES string of the molecule is COC(CN(C(=O)c1cccc([N+](=O)[O-])c1)C1CC(=O)N(c2ccc(C)cc2)C1=O)OC. The van der Waals surface area contributed by atoms with E-state index in [2.05, 4.69) is 0 Å². The fraction of sp³-hybridized carbons (Fsp3) is 0.318. The second-order valence-electron chi connectivity index (χ2n) is 7.29. The molecular weight excluding hydrogens is 418 g/mol. The summed E-state index contributed by atoms with van der Waals surface area (Å²) in [5.74, 6) is -1.67. The van der Waals surface area contributed by atoms with Crippen molar-refractivity contribution in [2.75, 3.05) is 25.7 Å². The van der Waals surface area contributed by atoms with Crippen LogP contribution in [0.4, 0.5) is 11.4 Å². The van der Waals surface area contributed by atoms with Gasteiger partial charge in [0.15, 0.2) is 6.29 Å². The number of nitro groups is 1. The number of carbonyl (C=O) groups excluding carboxylic acids is 3. The van der Waals surface area contributed by atoms with E-state index in [9.17, 15) is 24.5 Å². The first-order valence-corrected chi connectivity index (χ1v) is 9.81. The number of nitrogens with zero attached hydrogens (tertiary/aromatic N) is 3. The summed E-state index contributed by atoms with van der Waals surface area (Å²) in [7, 11) is 2.76. The van der Waals surface area contributed by atoms with E-state index in [1.54, 1.807) is 24.3 Å². The summed E-state index contributed by atoms with van der Waals surface area (Å²) in [5, 5.41) is 11.1. The number of imide groups is 1. The Bertz CT molecular complexity index is 1030. The lowest BCUT2D eigenvalue weighted by Gasteiger charge is -2.30. The van der Waals surface area contributed by atoms with E-state index < -0.39 is 35.0 Å². The van der Waals surface area contributed by atoms with Gasteiger partial charge in [0.2, 0.25) is 5.91 Å². The van der Waals surface area contributed by atoms with Gasteiger partial charge in [-0.3, -0.25) is 24.5 Å². The van der Waals surface area contributed by atoms with Gasteiger partial charge < -0.3 is 14.4 Å². The monoisotopic (exact) mass is 441 g/mol. The number of methoxy groups -OCH3 is 2. The average Bonchev–Trinajstić information content (AvgIpc) is 3.08. The van der Waals surface area contributed by atoms with E-state index in [0.717, 1.165) is 16.5 Å². The third kappa shape index (κ3) is 4.66. The Morgan fingerprint density at radius 2 is 1.84 bits per heavy atom. The van der Waals surface area contributed by atoms with E-state index in [0.29, 0.717) is 5.69 Å². The van der Waals surface area contributed by atoms with E-state index in [1.165, 1.54) is 37.3 Å². The highest BCUT2D eigenvalue weighted by molar-refractivity contribution is 6.23. The molecule has 1 heterocycles. The first-order valence-electron chi connectivity index (χ1n) is 9.81. The zero-order valence-electron chi connectivity index (χ0n) is 17.9. The van der Waals surface area contributed by atoms with Gasteiger partial charge in [0.05, 0.1) is 23.6 Å². The minimum Gasteiger partial charge on any atom is -0.354 e. The highest BCUT2D eigenvalue weighted by Gasteiger charge is 2.45. The van der Waals surface area contributed by atoms with Gasteiger partial charge in [0.1, 0.15) is 6.04 Å². The largest absolute Gasteiger partial charge is 0.354 e. The van der Waals surface area contributed by atoms with Crippen LogP contribution in [-0.4, -0.2) is 60.6 Å². The van der Waals surface area contributed by atoms with Gasteiger partial charge in [-0.05, 0) is 25.1 Å². The number of non-ortho nitro benzene ring substituents is 1. The molecule has 10 heteroatoms. The molecule has 1 atom stereocenters. The van der Waals surface area contributed by atoms with Crippen LogP contribution in [0.2, 0.25) is 0 Å². The summed E-state index contributed by atoms with van der Waals surface area (Å²) in [5.41, 5.74) is 1.13. The molecule has 10 nitrogen and oxygen atoms in total. The van der Waals surface area contributed by atoms with Crippen molar-refractivity contribution in [3.8, 4) is 0 Å². The number of amides is 3. The van der Waals surface area contributed by atoms with Gasteiger partial charge in [0, 0.05) is 31.9 Å². The second-order valence-corrected chi connectivity index (χ2v) is 7.29. The Balaban J connectivity index is 1.96. The number of benzene rings is 2. The Kier molecular flexibility index (Phi) is 6.96. The molecule has 2 aromatic carbocycles. The molecule has 0 bridgehead atoms. The lowest BCUT2D eigenvalue weighted by molar-refractivity contribution is -0.384. The quantitative estimate of drug-likeness (QED) is 0.267. The van der Waals surface area contributed by atoms with Crippen LogP contribution >= 0.6 is 0 Å². The molecule has 1 fully saturated rings. The molecule has 0 saturated carbocycles. The third-order valence-electron chi connectivity index (χ3n) is 5.23. The second kappa shape index (κ2) is 9.67. The maximum absolute atomic E-state index is 13.3. The lowest BCUT2D eigenvalue weighted by Crippen LogP contribution is -2.49. The van der Waals surface area contributed by atoms with Gasteiger partial charge in [-0.1, -0.05) is 23.8 Å². The average molecular weight is 441 g/mol. The zero-order chi connectivity index (χ0) is 23.4. The van der Waals surface area contributed by atoms with Crippen LogP contribution in [0.1, 0.15) is 22.3 Å². The molecule has 0 aliphatic carbocycles. The predicted molar refractivity (Wildman–Crippen MR) is 114 cm³/mol. The highest BCUT2D eigenvalue weighted by atomic mass is 16.7.